The van der Waals surface area contributed by atoms with E-state index < -0.39 is 48.0 Å². The Kier molecular flexibility index (Phi) is 4.74. The highest BCUT2D eigenvalue weighted by atomic mass is 19.2. The fourth-order valence-corrected chi connectivity index (χ4v) is 1.44. The number of hydrogen-bond acceptors (Lipinski definition) is 3. The summed E-state index contributed by atoms with van der Waals surface area (Å²) in [6.07, 6.45) is -0.467. The first-order valence-corrected chi connectivity index (χ1v) is 5.15. The van der Waals surface area contributed by atoms with Crippen molar-refractivity contribution in [1.29, 1.82) is 0 Å². The first-order valence-electron chi connectivity index (χ1n) is 5.15. The van der Waals surface area contributed by atoms with Crippen molar-refractivity contribution in [3.63, 3.8) is 0 Å². The van der Waals surface area contributed by atoms with Crippen LogP contribution in [0.1, 0.15) is 6.42 Å². The Morgan fingerprint density at radius 2 is 1.68 bits per heavy atom. The molecule has 104 valence electrons. The zero-order chi connectivity index (χ0) is 14.6. The first kappa shape index (κ1) is 14.8. The molecule has 0 spiro atoms. The van der Waals surface area contributed by atoms with Gasteiger partial charge in [0.25, 0.3) is 0 Å². The van der Waals surface area contributed by atoms with Crippen LogP contribution in [0.3, 0.4) is 0 Å². The van der Waals surface area contributed by atoms with E-state index in [-0.39, 0.29) is 6.54 Å². The minimum atomic E-state index is -1.73. The minimum Gasteiger partial charge on any atom is -0.481 e. The van der Waals surface area contributed by atoms with Gasteiger partial charge in [0.05, 0.1) is 12.1 Å². The van der Waals surface area contributed by atoms with E-state index in [2.05, 4.69) is 0 Å². The van der Waals surface area contributed by atoms with Crippen molar-refractivity contribution < 1.29 is 33.0 Å². The van der Waals surface area contributed by atoms with Crippen LogP contribution in [0.25, 0.3) is 0 Å². The molecule has 1 aromatic rings. The van der Waals surface area contributed by atoms with Gasteiger partial charge in [-0.05, 0) is 12.1 Å². The van der Waals surface area contributed by atoms with Crippen molar-refractivity contribution in [3.05, 3.63) is 29.6 Å². The molecule has 0 aliphatic heterocycles. The molecule has 8 heteroatoms. The second-order valence-corrected chi connectivity index (χ2v) is 3.65. The lowest BCUT2D eigenvalue weighted by Gasteiger charge is -2.22. The molecule has 0 amide bonds. The molecule has 2 N–H and O–H groups in total. The smallest absolute Gasteiger partial charge is 0.323 e. The van der Waals surface area contributed by atoms with Crippen molar-refractivity contribution >= 4 is 17.6 Å². The van der Waals surface area contributed by atoms with Gasteiger partial charge in [0.1, 0.15) is 6.54 Å². The van der Waals surface area contributed by atoms with E-state index in [1.54, 1.807) is 0 Å². The molecule has 0 aromatic heterocycles. The van der Waals surface area contributed by atoms with Crippen LogP contribution in [0.5, 0.6) is 0 Å². The number of hydrogen-bond donors (Lipinski definition) is 2. The number of halogens is 3. The van der Waals surface area contributed by atoms with Crippen molar-refractivity contribution in [2.75, 3.05) is 18.0 Å². The summed E-state index contributed by atoms with van der Waals surface area (Å²) < 4.78 is 39.3. The van der Waals surface area contributed by atoms with Crippen LogP contribution in [-0.4, -0.2) is 35.2 Å². The summed E-state index contributed by atoms with van der Waals surface area (Å²) in [5.41, 5.74) is -0.498. The number of carbonyl (C=O) groups is 2. The molecular formula is C11H10F3NO4. The van der Waals surface area contributed by atoms with Crippen LogP contribution in [0.2, 0.25) is 0 Å². The lowest BCUT2D eigenvalue weighted by molar-refractivity contribution is -0.138. The van der Waals surface area contributed by atoms with Gasteiger partial charge in [0.15, 0.2) is 17.5 Å². The van der Waals surface area contributed by atoms with Crippen LogP contribution in [0.15, 0.2) is 12.1 Å². The van der Waals surface area contributed by atoms with E-state index >= 15 is 0 Å². The maximum absolute atomic E-state index is 13.5. The molecule has 0 unspecified atom stereocenters. The largest absolute Gasteiger partial charge is 0.481 e. The normalized spacial score (nSPS) is 10.3. The average Bonchev–Trinajstić information content (AvgIpc) is 2.31. The van der Waals surface area contributed by atoms with Crippen LogP contribution >= 0.6 is 0 Å². The van der Waals surface area contributed by atoms with Gasteiger partial charge in [0.2, 0.25) is 0 Å². The van der Waals surface area contributed by atoms with Gasteiger partial charge in [-0.25, -0.2) is 13.2 Å². The zero-order valence-corrected chi connectivity index (χ0v) is 9.57. The van der Waals surface area contributed by atoms with E-state index in [1.165, 1.54) is 0 Å². The third kappa shape index (κ3) is 3.87. The van der Waals surface area contributed by atoms with E-state index in [1.807, 2.05) is 0 Å². The monoisotopic (exact) mass is 277 g/mol. The van der Waals surface area contributed by atoms with Crippen molar-refractivity contribution in [2.24, 2.45) is 0 Å². The number of rotatable bonds is 6. The van der Waals surface area contributed by atoms with Crippen molar-refractivity contribution in [3.8, 4) is 0 Å². The second kappa shape index (κ2) is 6.07. The third-order valence-electron chi connectivity index (χ3n) is 2.28. The van der Waals surface area contributed by atoms with Gasteiger partial charge in [-0.15, -0.1) is 0 Å². The SMILES string of the molecule is O=C(O)CCN(CC(=O)O)c1ccc(F)c(F)c1F. The molecule has 0 aliphatic rings. The van der Waals surface area contributed by atoms with E-state index in [0.717, 1.165) is 11.0 Å². The number of anilines is 1. The first-order chi connectivity index (χ1) is 8.82. The van der Waals surface area contributed by atoms with Crippen molar-refractivity contribution in [2.45, 2.75) is 6.42 Å². The van der Waals surface area contributed by atoms with E-state index in [0.29, 0.717) is 6.07 Å². The standard InChI is InChI=1S/C11H10F3NO4/c12-6-1-2-7(11(14)10(6)13)15(5-9(18)19)4-3-8(16)17/h1-2H,3-5H2,(H,16,17)(H,18,19). The predicted molar refractivity (Wildman–Crippen MR) is 58.4 cm³/mol. The lowest BCUT2D eigenvalue weighted by atomic mass is 10.2. The molecule has 0 heterocycles. The molecule has 5 nitrogen and oxygen atoms in total. The fourth-order valence-electron chi connectivity index (χ4n) is 1.44. The summed E-state index contributed by atoms with van der Waals surface area (Å²) in [6, 6.07) is 1.50. The molecule has 1 rings (SSSR count). The molecular weight excluding hydrogens is 267 g/mol. The Morgan fingerprint density at radius 1 is 1.05 bits per heavy atom. The van der Waals surface area contributed by atoms with E-state index in [9.17, 15) is 22.8 Å². The molecule has 0 fully saturated rings. The highest BCUT2D eigenvalue weighted by molar-refractivity contribution is 5.74. The molecule has 0 bridgehead atoms. The number of carboxylic acid groups (broad SMARTS) is 2. The van der Waals surface area contributed by atoms with Gasteiger partial charge in [0, 0.05) is 6.54 Å². The van der Waals surface area contributed by atoms with Gasteiger partial charge in [-0.3, -0.25) is 9.59 Å². The fraction of sp³-hybridized carbons (Fsp3) is 0.273. The second-order valence-electron chi connectivity index (χ2n) is 3.65. The zero-order valence-electron chi connectivity index (χ0n) is 9.57. The number of aliphatic carboxylic acids is 2. The Labute approximate surface area is 105 Å². The molecule has 0 radical (unpaired) electrons. The minimum absolute atomic E-state index is 0.344. The van der Waals surface area contributed by atoms with Crippen molar-refractivity contribution in [1.82, 2.24) is 0 Å². The Balaban J connectivity index is 3.06. The summed E-state index contributed by atoms with van der Waals surface area (Å²) in [4.78, 5) is 21.9. The summed E-state index contributed by atoms with van der Waals surface area (Å²) in [5.74, 6) is -7.27. The Morgan fingerprint density at radius 3 is 2.21 bits per heavy atom. The van der Waals surface area contributed by atoms with Gasteiger partial charge < -0.3 is 15.1 Å². The van der Waals surface area contributed by atoms with E-state index in [4.69, 9.17) is 10.2 Å². The molecule has 0 saturated heterocycles. The van der Waals surface area contributed by atoms with Gasteiger partial charge in [-0.2, -0.15) is 0 Å². The van der Waals surface area contributed by atoms with Crippen LogP contribution in [0, 0.1) is 17.5 Å². The third-order valence-corrected chi connectivity index (χ3v) is 2.28. The number of nitrogens with zero attached hydrogens (tertiary/aromatic N) is 1. The van der Waals surface area contributed by atoms with Gasteiger partial charge >= 0.3 is 11.9 Å². The molecule has 0 aliphatic carbocycles. The molecule has 0 atom stereocenters. The van der Waals surface area contributed by atoms with Crippen LogP contribution in [-0.2, 0) is 9.59 Å². The quantitative estimate of drug-likeness (QED) is 0.770. The molecule has 0 saturated carbocycles. The highest BCUT2D eigenvalue weighted by Gasteiger charge is 2.20. The summed E-state index contributed by atoms with van der Waals surface area (Å²) in [6.45, 7) is -1.07. The highest BCUT2D eigenvalue weighted by Crippen LogP contribution is 2.23. The Bertz CT molecular complexity index is 507. The summed E-state index contributed by atoms with van der Waals surface area (Å²) >= 11 is 0. The van der Waals surface area contributed by atoms with Crippen LogP contribution < -0.4 is 4.90 Å². The average molecular weight is 277 g/mol. The van der Waals surface area contributed by atoms with Gasteiger partial charge in [-0.1, -0.05) is 0 Å². The lowest BCUT2D eigenvalue weighted by Crippen LogP contribution is -2.32. The molecule has 19 heavy (non-hydrogen) atoms. The number of carboxylic acids is 2. The molecule has 1 aromatic carbocycles. The van der Waals surface area contributed by atoms with Crippen LogP contribution in [0.4, 0.5) is 18.9 Å². The predicted octanol–water partition coefficient (Wildman–Crippen LogP) is 1.47. The topological polar surface area (TPSA) is 77.8 Å². The maximum Gasteiger partial charge on any atom is 0.323 e. The maximum atomic E-state index is 13.5. The number of benzene rings is 1. The Hall–Kier alpha value is -2.25. The summed E-state index contributed by atoms with van der Waals surface area (Å²) in [5, 5.41) is 17.2. The summed E-state index contributed by atoms with van der Waals surface area (Å²) in [7, 11) is 0.